The Morgan fingerprint density at radius 3 is 2.93 bits per heavy atom. The SMILES string of the molecule is CC(C)(O)C(=O)N[C@H]1CC[C@@H]2Oc3ccc(Br)cc3C3(CSC(N)=N3)[C@H]2C1. The number of ether oxygens (including phenoxy) is 1. The van der Waals surface area contributed by atoms with Gasteiger partial charge < -0.3 is 20.9 Å². The van der Waals surface area contributed by atoms with Crippen LogP contribution in [0.1, 0.15) is 38.7 Å². The van der Waals surface area contributed by atoms with Crippen molar-refractivity contribution in [3.05, 3.63) is 28.2 Å². The Bertz CT molecular complexity index is 810. The summed E-state index contributed by atoms with van der Waals surface area (Å²) in [6, 6.07) is 6.04. The van der Waals surface area contributed by atoms with Gasteiger partial charge in [0.25, 0.3) is 5.91 Å². The number of fused-ring (bicyclic) bond motifs is 4. The molecular formula is C19H24BrN3O3S. The fourth-order valence-electron chi connectivity index (χ4n) is 4.36. The Hall–Kier alpha value is -1.25. The van der Waals surface area contributed by atoms with Gasteiger partial charge in [0.15, 0.2) is 5.17 Å². The molecule has 2 heterocycles. The fraction of sp³-hybridized carbons (Fsp3) is 0.579. The summed E-state index contributed by atoms with van der Waals surface area (Å²) < 4.78 is 7.31. The van der Waals surface area contributed by atoms with E-state index >= 15 is 0 Å². The first-order chi connectivity index (χ1) is 12.7. The maximum absolute atomic E-state index is 12.3. The zero-order chi connectivity index (χ0) is 19.4. The summed E-state index contributed by atoms with van der Waals surface area (Å²) in [7, 11) is 0. The minimum Gasteiger partial charge on any atom is -0.490 e. The zero-order valence-electron chi connectivity index (χ0n) is 15.4. The summed E-state index contributed by atoms with van der Waals surface area (Å²) in [4.78, 5) is 17.2. The molecule has 1 amide bonds. The Kier molecular flexibility index (Phi) is 4.71. The minimum absolute atomic E-state index is 0.0126. The van der Waals surface area contributed by atoms with Crippen LogP contribution in [0.4, 0.5) is 0 Å². The number of aliphatic imine (C=N–C) groups is 1. The first-order valence-corrected chi connectivity index (χ1v) is 10.9. The maximum Gasteiger partial charge on any atom is 0.251 e. The number of carbonyl (C=O) groups is 1. The maximum atomic E-state index is 12.3. The number of amidine groups is 1. The van der Waals surface area contributed by atoms with Crippen molar-refractivity contribution in [2.45, 2.75) is 56.4 Å². The molecule has 6 nitrogen and oxygen atoms in total. The molecule has 0 aromatic heterocycles. The molecule has 1 fully saturated rings. The number of hydrogen-bond donors (Lipinski definition) is 3. The number of amides is 1. The predicted octanol–water partition coefficient (Wildman–Crippen LogP) is 2.52. The van der Waals surface area contributed by atoms with E-state index in [1.807, 2.05) is 12.1 Å². The van der Waals surface area contributed by atoms with Gasteiger partial charge in [-0.1, -0.05) is 27.7 Å². The van der Waals surface area contributed by atoms with E-state index in [9.17, 15) is 9.90 Å². The summed E-state index contributed by atoms with van der Waals surface area (Å²) in [5, 5.41) is 13.6. The molecule has 1 aromatic carbocycles. The number of thioether (sulfide) groups is 1. The van der Waals surface area contributed by atoms with Crippen LogP contribution in [0.3, 0.4) is 0 Å². The molecule has 146 valence electrons. The molecule has 1 aliphatic carbocycles. The standard InChI is InChI=1S/C19H24BrN3O3S/c1-18(2,25)16(24)22-11-4-6-15-13(8-11)19(9-27-17(21)23-19)12-7-10(20)3-5-14(12)26-15/h3,5,7,11,13,15,25H,4,6,8-9H2,1-2H3,(H2,21,23)(H,22,24)/t11-,13-,15-,19?/m0/s1. The molecule has 27 heavy (non-hydrogen) atoms. The van der Waals surface area contributed by atoms with Gasteiger partial charge in [0, 0.05) is 27.7 Å². The van der Waals surface area contributed by atoms with Crippen molar-refractivity contribution in [1.29, 1.82) is 0 Å². The molecular weight excluding hydrogens is 430 g/mol. The van der Waals surface area contributed by atoms with Crippen LogP contribution >= 0.6 is 27.7 Å². The van der Waals surface area contributed by atoms with Gasteiger partial charge in [-0.25, -0.2) is 4.99 Å². The second kappa shape index (κ2) is 6.67. The molecule has 2 aliphatic heterocycles. The molecule has 0 saturated heterocycles. The Morgan fingerprint density at radius 1 is 1.48 bits per heavy atom. The van der Waals surface area contributed by atoms with Crippen molar-refractivity contribution in [2.75, 3.05) is 5.75 Å². The number of carbonyl (C=O) groups excluding carboxylic acids is 1. The number of nitrogens with zero attached hydrogens (tertiary/aromatic N) is 1. The lowest BCUT2D eigenvalue weighted by atomic mass is 9.67. The number of halogens is 1. The minimum atomic E-state index is -1.39. The molecule has 1 unspecified atom stereocenters. The molecule has 1 saturated carbocycles. The third-order valence-corrected chi connectivity index (χ3v) is 7.19. The number of nitrogens with two attached hydrogens (primary N) is 1. The van der Waals surface area contributed by atoms with E-state index in [4.69, 9.17) is 15.5 Å². The highest BCUT2D eigenvalue weighted by atomic mass is 79.9. The molecule has 3 aliphatic rings. The molecule has 4 rings (SSSR count). The first kappa shape index (κ1) is 19.1. The molecule has 8 heteroatoms. The second-order valence-corrected chi connectivity index (χ2v) is 10.0. The summed E-state index contributed by atoms with van der Waals surface area (Å²) in [6.45, 7) is 3.01. The Morgan fingerprint density at radius 2 is 2.26 bits per heavy atom. The van der Waals surface area contributed by atoms with Crippen molar-refractivity contribution in [2.24, 2.45) is 16.6 Å². The van der Waals surface area contributed by atoms with Crippen LogP contribution < -0.4 is 15.8 Å². The number of benzene rings is 1. The third kappa shape index (κ3) is 3.36. The monoisotopic (exact) mass is 453 g/mol. The van der Waals surface area contributed by atoms with Gasteiger partial charge in [0.2, 0.25) is 0 Å². The Labute approximate surface area is 171 Å². The summed E-state index contributed by atoms with van der Waals surface area (Å²) >= 11 is 5.14. The average Bonchev–Trinajstić information content (AvgIpc) is 2.98. The van der Waals surface area contributed by atoms with Gasteiger partial charge in [0.1, 0.15) is 23.0 Å². The topological polar surface area (TPSA) is 96.9 Å². The lowest BCUT2D eigenvalue weighted by Gasteiger charge is -2.48. The first-order valence-electron chi connectivity index (χ1n) is 9.17. The van der Waals surface area contributed by atoms with E-state index in [0.717, 1.165) is 40.8 Å². The molecule has 4 N–H and O–H groups in total. The van der Waals surface area contributed by atoms with Crippen LogP contribution in [0, 0.1) is 5.92 Å². The van der Waals surface area contributed by atoms with Gasteiger partial charge in [-0.3, -0.25) is 4.79 Å². The molecule has 0 radical (unpaired) electrons. The molecule has 4 atom stereocenters. The van der Waals surface area contributed by atoms with E-state index in [0.29, 0.717) is 5.17 Å². The Balaban J connectivity index is 1.68. The summed E-state index contributed by atoms with van der Waals surface area (Å²) in [5.74, 6) is 1.42. The quantitative estimate of drug-likeness (QED) is 0.638. The molecule has 1 spiro atoms. The van der Waals surface area contributed by atoms with Crippen molar-refractivity contribution in [3.63, 3.8) is 0 Å². The van der Waals surface area contributed by atoms with Gasteiger partial charge in [-0.05, 0) is 51.3 Å². The predicted molar refractivity (Wildman–Crippen MR) is 110 cm³/mol. The summed E-state index contributed by atoms with van der Waals surface area (Å²) in [5.41, 5.74) is 5.32. The van der Waals surface area contributed by atoms with Crippen LogP contribution in [-0.2, 0) is 10.3 Å². The van der Waals surface area contributed by atoms with Crippen molar-refractivity contribution >= 4 is 38.8 Å². The van der Waals surface area contributed by atoms with Crippen molar-refractivity contribution in [1.82, 2.24) is 5.32 Å². The second-order valence-electron chi connectivity index (χ2n) is 8.11. The van der Waals surface area contributed by atoms with E-state index < -0.39 is 11.1 Å². The molecule has 0 bridgehead atoms. The third-order valence-electron chi connectivity index (χ3n) is 5.73. The fourth-order valence-corrected chi connectivity index (χ4v) is 5.75. The van der Waals surface area contributed by atoms with Gasteiger partial charge >= 0.3 is 0 Å². The van der Waals surface area contributed by atoms with Gasteiger partial charge in [0.05, 0.1) is 0 Å². The van der Waals surface area contributed by atoms with E-state index in [1.165, 1.54) is 13.8 Å². The van der Waals surface area contributed by atoms with E-state index in [2.05, 4.69) is 27.3 Å². The van der Waals surface area contributed by atoms with Crippen LogP contribution in [0.25, 0.3) is 0 Å². The van der Waals surface area contributed by atoms with E-state index in [1.54, 1.807) is 11.8 Å². The van der Waals surface area contributed by atoms with Crippen LogP contribution in [-0.4, -0.2) is 39.7 Å². The van der Waals surface area contributed by atoms with Crippen molar-refractivity contribution < 1.29 is 14.6 Å². The normalized spacial score (nSPS) is 32.3. The lowest BCUT2D eigenvalue weighted by Crippen LogP contribution is -2.55. The molecule has 1 aromatic rings. The average molecular weight is 454 g/mol. The smallest absolute Gasteiger partial charge is 0.251 e. The summed E-state index contributed by atoms with van der Waals surface area (Å²) in [6.07, 6.45) is 2.44. The van der Waals surface area contributed by atoms with Crippen LogP contribution in [0.15, 0.2) is 27.7 Å². The van der Waals surface area contributed by atoms with Crippen molar-refractivity contribution in [3.8, 4) is 5.75 Å². The van der Waals surface area contributed by atoms with Crippen LogP contribution in [0.5, 0.6) is 5.75 Å². The zero-order valence-corrected chi connectivity index (χ0v) is 17.8. The van der Waals surface area contributed by atoms with E-state index in [-0.39, 0.29) is 24.0 Å². The number of aliphatic hydroxyl groups is 1. The van der Waals surface area contributed by atoms with Gasteiger partial charge in [-0.2, -0.15) is 0 Å². The highest BCUT2D eigenvalue weighted by Gasteiger charge is 2.54. The highest BCUT2D eigenvalue weighted by Crippen LogP contribution is 2.54. The largest absolute Gasteiger partial charge is 0.490 e. The highest BCUT2D eigenvalue weighted by molar-refractivity contribution is 9.10. The van der Waals surface area contributed by atoms with Crippen LogP contribution in [0.2, 0.25) is 0 Å². The lowest BCUT2D eigenvalue weighted by molar-refractivity contribution is -0.138. The number of rotatable bonds is 2. The van der Waals surface area contributed by atoms with Gasteiger partial charge in [-0.15, -0.1) is 0 Å². The number of hydrogen-bond acceptors (Lipinski definition) is 6. The number of nitrogens with one attached hydrogen (secondary N) is 1.